The van der Waals surface area contributed by atoms with Crippen LogP contribution in [0, 0.1) is 0 Å². The van der Waals surface area contributed by atoms with Gasteiger partial charge in [0.05, 0.1) is 6.26 Å². The fourth-order valence-electron chi connectivity index (χ4n) is 1.70. The van der Waals surface area contributed by atoms with E-state index in [2.05, 4.69) is 6.07 Å². The third kappa shape index (κ3) is 1.03. The van der Waals surface area contributed by atoms with E-state index in [9.17, 15) is 0 Å². The maximum Gasteiger partial charge on any atom is 0.134 e. The summed E-state index contributed by atoms with van der Waals surface area (Å²) in [6.45, 7) is 0. The molecule has 3 aromatic rings. The van der Waals surface area contributed by atoms with Gasteiger partial charge in [-0.25, -0.2) is 0 Å². The van der Waals surface area contributed by atoms with Crippen molar-refractivity contribution in [3.05, 3.63) is 47.7 Å². The maximum absolute atomic E-state index is 6.09. The van der Waals surface area contributed by atoms with E-state index < -0.39 is 0 Å². The number of hydrogen-bond acceptors (Lipinski definition) is 1. The lowest BCUT2D eigenvalue weighted by Gasteiger charge is -1.99. The van der Waals surface area contributed by atoms with Crippen LogP contribution in [0.1, 0.15) is 0 Å². The summed E-state index contributed by atoms with van der Waals surface area (Å²) in [5, 5.41) is 4.05. The Bertz CT molecular complexity index is 610. The molecule has 0 atom stereocenters. The molecule has 0 saturated heterocycles. The van der Waals surface area contributed by atoms with Crippen molar-refractivity contribution in [1.82, 2.24) is 0 Å². The van der Waals surface area contributed by atoms with E-state index in [1.807, 2.05) is 30.3 Å². The number of benzene rings is 2. The van der Waals surface area contributed by atoms with Crippen LogP contribution in [-0.4, -0.2) is 0 Å². The van der Waals surface area contributed by atoms with E-state index in [4.69, 9.17) is 16.0 Å². The summed E-state index contributed by atoms with van der Waals surface area (Å²) >= 11 is 6.09. The Morgan fingerprint density at radius 3 is 2.86 bits per heavy atom. The minimum absolute atomic E-state index is 0.783. The molecule has 1 aromatic heterocycles. The maximum atomic E-state index is 6.09. The zero-order valence-electron chi connectivity index (χ0n) is 7.33. The van der Waals surface area contributed by atoms with E-state index in [0.717, 1.165) is 26.8 Å². The zero-order chi connectivity index (χ0) is 9.54. The van der Waals surface area contributed by atoms with Crippen molar-refractivity contribution < 1.29 is 4.42 Å². The van der Waals surface area contributed by atoms with Crippen molar-refractivity contribution in [3.63, 3.8) is 0 Å². The van der Waals surface area contributed by atoms with E-state index in [0.29, 0.717) is 0 Å². The van der Waals surface area contributed by atoms with Gasteiger partial charge in [-0.2, -0.15) is 0 Å². The Morgan fingerprint density at radius 1 is 1.00 bits per heavy atom. The van der Waals surface area contributed by atoms with E-state index in [-0.39, 0.29) is 0 Å². The Morgan fingerprint density at radius 2 is 1.93 bits per heavy atom. The van der Waals surface area contributed by atoms with Gasteiger partial charge < -0.3 is 4.42 Å². The molecule has 0 aliphatic rings. The van der Waals surface area contributed by atoms with Crippen LogP contribution in [0.25, 0.3) is 21.7 Å². The molecule has 3 rings (SSSR count). The Balaban J connectivity index is 2.57. The molecule has 0 N–H and O–H groups in total. The second-order valence-electron chi connectivity index (χ2n) is 3.27. The molecule has 0 fully saturated rings. The lowest BCUT2D eigenvalue weighted by molar-refractivity contribution is 0.616. The lowest BCUT2D eigenvalue weighted by atomic mass is 10.1. The molecule has 2 aromatic carbocycles. The van der Waals surface area contributed by atoms with Gasteiger partial charge in [0.25, 0.3) is 0 Å². The molecule has 0 saturated carbocycles. The van der Waals surface area contributed by atoms with Crippen molar-refractivity contribution >= 4 is 33.3 Å². The van der Waals surface area contributed by atoms with Gasteiger partial charge in [-0.15, -0.1) is 0 Å². The molecule has 1 nitrogen and oxygen atoms in total. The third-order valence-corrected chi connectivity index (χ3v) is 2.73. The molecule has 0 radical (unpaired) electrons. The fraction of sp³-hybridized carbons (Fsp3) is 0. The molecule has 0 spiro atoms. The van der Waals surface area contributed by atoms with E-state index in [1.165, 1.54) is 0 Å². The van der Waals surface area contributed by atoms with Crippen LogP contribution >= 0.6 is 11.6 Å². The summed E-state index contributed by atoms with van der Waals surface area (Å²) in [6.07, 6.45) is 1.69. The van der Waals surface area contributed by atoms with Gasteiger partial charge in [-0.1, -0.05) is 23.7 Å². The Kier molecular flexibility index (Phi) is 1.55. The first-order valence-electron chi connectivity index (χ1n) is 4.40. The highest BCUT2D eigenvalue weighted by Gasteiger charge is 2.02. The summed E-state index contributed by atoms with van der Waals surface area (Å²) in [4.78, 5) is 0. The van der Waals surface area contributed by atoms with Crippen molar-refractivity contribution in [2.75, 3.05) is 0 Å². The number of hydrogen-bond donors (Lipinski definition) is 0. The molecule has 0 aliphatic carbocycles. The van der Waals surface area contributed by atoms with E-state index in [1.54, 1.807) is 6.26 Å². The SMILES string of the molecule is Clc1cccc2cc3occc3cc12. The Hall–Kier alpha value is -1.47. The normalized spacial score (nSPS) is 11.2. The molecule has 1 heterocycles. The van der Waals surface area contributed by atoms with Crippen LogP contribution in [0.4, 0.5) is 0 Å². The molecule has 14 heavy (non-hydrogen) atoms. The molecule has 0 amide bonds. The van der Waals surface area contributed by atoms with Gasteiger partial charge in [-0.3, -0.25) is 0 Å². The summed E-state index contributed by atoms with van der Waals surface area (Å²) in [6, 6.07) is 11.9. The average Bonchev–Trinajstić information content (AvgIpc) is 2.62. The third-order valence-electron chi connectivity index (χ3n) is 2.40. The van der Waals surface area contributed by atoms with Gasteiger partial charge in [0.15, 0.2) is 0 Å². The molecule has 2 heteroatoms. The molecule has 68 valence electrons. The smallest absolute Gasteiger partial charge is 0.134 e. The monoisotopic (exact) mass is 202 g/mol. The molecular formula is C12H7ClO. The summed E-state index contributed by atoms with van der Waals surface area (Å²) in [5.41, 5.74) is 0.903. The van der Waals surface area contributed by atoms with Crippen LogP contribution in [0.2, 0.25) is 5.02 Å². The second kappa shape index (κ2) is 2.76. The van der Waals surface area contributed by atoms with Crippen molar-refractivity contribution in [3.8, 4) is 0 Å². The topological polar surface area (TPSA) is 13.1 Å². The largest absolute Gasteiger partial charge is 0.464 e. The molecular weight excluding hydrogens is 196 g/mol. The van der Waals surface area contributed by atoms with Crippen molar-refractivity contribution in [2.24, 2.45) is 0 Å². The van der Waals surface area contributed by atoms with Crippen LogP contribution in [0.3, 0.4) is 0 Å². The second-order valence-corrected chi connectivity index (χ2v) is 3.68. The summed E-state index contributed by atoms with van der Waals surface area (Å²) < 4.78 is 5.32. The predicted octanol–water partition coefficient (Wildman–Crippen LogP) is 4.24. The molecule has 0 bridgehead atoms. The Labute approximate surface area is 85.9 Å². The summed E-state index contributed by atoms with van der Waals surface area (Å²) in [7, 11) is 0. The number of fused-ring (bicyclic) bond motifs is 2. The standard InChI is InChI=1S/C12H7ClO/c13-11-3-1-2-8-7-12-9(4-5-14-12)6-10(8)11/h1-7H. The van der Waals surface area contributed by atoms with Gasteiger partial charge in [0.1, 0.15) is 5.58 Å². The highest BCUT2D eigenvalue weighted by molar-refractivity contribution is 6.35. The van der Waals surface area contributed by atoms with Crippen LogP contribution in [0.15, 0.2) is 47.1 Å². The molecule has 0 unspecified atom stereocenters. The first kappa shape index (κ1) is 7.89. The average molecular weight is 203 g/mol. The first-order chi connectivity index (χ1) is 6.84. The van der Waals surface area contributed by atoms with E-state index >= 15 is 0 Å². The number of furan rings is 1. The zero-order valence-corrected chi connectivity index (χ0v) is 8.08. The van der Waals surface area contributed by atoms with Gasteiger partial charge >= 0.3 is 0 Å². The van der Waals surface area contributed by atoms with Crippen LogP contribution < -0.4 is 0 Å². The van der Waals surface area contributed by atoms with Crippen LogP contribution in [0.5, 0.6) is 0 Å². The highest BCUT2D eigenvalue weighted by Crippen LogP contribution is 2.28. The summed E-state index contributed by atoms with van der Waals surface area (Å²) in [5.74, 6) is 0. The minimum Gasteiger partial charge on any atom is -0.464 e. The number of rotatable bonds is 0. The first-order valence-corrected chi connectivity index (χ1v) is 4.78. The quantitative estimate of drug-likeness (QED) is 0.532. The van der Waals surface area contributed by atoms with Gasteiger partial charge in [0, 0.05) is 15.8 Å². The molecule has 0 aliphatic heterocycles. The van der Waals surface area contributed by atoms with Crippen molar-refractivity contribution in [2.45, 2.75) is 0 Å². The fourth-order valence-corrected chi connectivity index (χ4v) is 1.93. The highest BCUT2D eigenvalue weighted by atomic mass is 35.5. The minimum atomic E-state index is 0.783. The number of halogens is 1. The van der Waals surface area contributed by atoms with Gasteiger partial charge in [0.2, 0.25) is 0 Å². The lowest BCUT2D eigenvalue weighted by Crippen LogP contribution is -1.73. The van der Waals surface area contributed by atoms with Crippen molar-refractivity contribution in [1.29, 1.82) is 0 Å². The van der Waals surface area contributed by atoms with Crippen LogP contribution in [-0.2, 0) is 0 Å². The van der Waals surface area contributed by atoms with Gasteiger partial charge in [-0.05, 0) is 29.7 Å². The predicted molar refractivity (Wildman–Crippen MR) is 58.7 cm³/mol.